The molecule has 4 nitrogen and oxygen atoms in total. The molecule has 2 aliphatic rings. The molecule has 1 saturated heterocycles. The van der Waals surface area contributed by atoms with Gasteiger partial charge in [-0.05, 0) is 12.0 Å². The summed E-state index contributed by atoms with van der Waals surface area (Å²) in [4.78, 5) is 37.3. The summed E-state index contributed by atoms with van der Waals surface area (Å²) in [7, 11) is 0. The number of nitrogens with zero attached hydrogens (tertiary/aromatic N) is 1. The summed E-state index contributed by atoms with van der Waals surface area (Å²) in [5, 5.41) is 0. The maximum Gasteiger partial charge on any atom is 0.222 e. The highest BCUT2D eigenvalue weighted by Gasteiger charge is 2.22. The summed E-state index contributed by atoms with van der Waals surface area (Å²) < 4.78 is 0. The van der Waals surface area contributed by atoms with E-state index in [1.54, 1.807) is 4.90 Å². The van der Waals surface area contributed by atoms with Crippen LogP contribution in [0.1, 0.15) is 48.0 Å². The largest absolute Gasteiger partial charge is 0.342 e. The SMILES string of the molecule is O=C1CCN(C(=O)CCC2=Cc3ccccc3C(=O)C2)CC1. The number of piperidine rings is 1. The Balaban J connectivity index is 1.60. The van der Waals surface area contributed by atoms with Crippen LogP contribution >= 0.6 is 0 Å². The van der Waals surface area contributed by atoms with Crippen molar-refractivity contribution in [3.05, 3.63) is 41.0 Å². The molecule has 1 aromatic carbocycles. The fraction of sp³-hybridized carbons (Fsp3) is 0.389. The second kappa shape index (κ2) is 6.26. The van der Waals surface area contributed by atoms with E-state index in [2.05, 4.69) is 0 Å². The molecule has 1 aliphatic heterocycles. The van der Waals surface area contributed by atoms with E-state index in [1.807, 2.05) is 30.3 Å². The molecule has 0 atom stereocenters. The van der Waals surface area contributed by atoms with E-state index >= 15 is 0 Å². The van der Waals surface area contributed by atoms with Crippen LogP contribution in [0, 0.1) is 0 Å². The Morgan fingerprint density at radius 2 is 1.82 bits per heavy atom. The fourth-order valence-electron chi connectivity index (χ4n) is 3.04. The van der Waals surface area contributed by atoms with Crippen molar-refractivity contribution in [2.45, 2.75) is 32.1 Å². The van der Waals surface area contributed by atoms with Crippen LogP contribution in [-0.4, -0.2) is 35.5 Å². The minimum Gasteiger partial charge on any atom is -0.342 e. The van der Waals surface area contributed by atoms with Crippen molar-refractivity contribution in [2.75, 3.05) is 13.1 Å². The van der Waals surface area contributed by atoms with Crippen molar-refractivity contribution >= 4 is 23.5 Å². The second-order valence-corrected chi connectivity index (χ2v) is 5.91. The summed E-state index contributed by atoms with van der Waals surface area (Å²) in [6.07, 6.45) is 4.41. The number of hydrogen-bond acceptors (Lipinski definition) is 3. The van der Waals surface area contributed by atoms with Crippen LogP contribution in [0.15, 0.2) is 29.8 Å². The number of carbonyl (C=O) groups is 3. The smallest absolute Gasteiger partial charge is 0.222 e. The molecule has 0 N–H and O–H groups in total. The average Bonchev–Trinajstić information content (AvgIpc) is 2.53. The van der Waals surface area contributed by atoms with Gasteiger partial charge in [-0.25, -0.2) is 0 Å². The Labute approximate surface area is 129 Å². The van der Waals surface area contributed by atoms with Gasteiger partial charge in [0.1, 0.15) is 5.78 Å². The summed E-state index contributed by atoms with van der Waals surface area (Å²) in [6.45, 7) is 1.08. The highest BCUT2D eigenvalue weighted by Crippen LogP contribution is 2.26. The number of hydrogen-bond donors (Lipinski definition) is 0. The molecule has 0 aromatic heterocycles. The van der Waals surface area contributed by atoms with Gasteiger partial charge in [0.25, 0.3) is 0 Å². The number of ketones is 2. The lowest BCUT2D eigenvalue weighted by molar-refractivity contribution is -0.134. The van der Waals surface area contributed by atoms with Gasteiger partial charge in [-0.15, -0.1) is 0 Å². The third-order valence-corrected chi connectivity index (χ3v) is 4.34. The second-order valence-electron chi connectivity index (χ2n) is 5.91. The molecule has 1 aromatic rings. The first kappa shape index (κ1) is 14.7. The molecule has 1 aliphatic carbocycles. The zero-order valence-electron chi connectivity index (χ0n) is 12.5. The number of carbonyl (C=O) groups excluding carboxylic acids is 3. The molecule has 22 heavy (non-hydrogen) atoms. The normalized spacial score (nSPS) is 18.0. The van der Waals surface area contributed by atoms with Crippen LogP contribution in [0.4, 0.5) is 0 Å². The molecule has 114 valence electrons. The lowest BCUT2D eigenvalue weighted by Crippen LogP contribution is -2.38. The fourth-order valence-corrected chi connectivity index (χ4v) is 3.04. The van der Waals surface area contributed by atoms with Crippen LogP contribution in [0.5, 0.6) is 0 Å². The molecule has 0 unspecified atom stereocenters. The number of allylic oxidation sites excluding steroid dienone is 1. The third kappa shape index (κ3) is 3.16. The number of fused-ring (bicyclic) bond motifs is 1. The molecular formula is C18H19NO3. The van der Waals surface area contributed by atoms with Crippen molar-refractivity contribution < 1.29 is 14.4 Å². The van der Waals surface area contributed by atoms with Crippen LogP contribution in [-0.2, 0) is 9.59 Å². The number of rotatable bonds is 3. The highest BCUT2D eigenvalue weighted by atomic mass is 16.2. The summed E-state index contributed by atoms with van der Waals surface area (Å²) in [6, 6.07) is 7.57. The van der Waals surface area contributed by atoms with E-state index < -0.39 is 0 Å². The minimum absolute atomic E-state index is 0.0831. The lowest BCUT2D eigenvalue weighted by Gasteiger charge is -2.26. The monoisotopic (exact) mass is 297 g/mol. The molecule has 4 heteroatoms. The molecule has 0 radical (unpaired) electrons. The summed E-state index contributed by atoms with van der Waals surface area (Å²) in [5.74, 6) is 0.449. The molecule has 0 bridgehead atoms. The maximum atomic E-state index is 12.2. The van der Waals surface area contributed by atoms with Gasteiger partial charge in [-0.1, -0.05) is 35.9 Å². The Hall–Kier alpha value is -2.23. The van der Waals surface area contributed by atoms with Gasteiger partial charge < -0.3 is 4.90 Å². The van der Waals surface area contributed by atoms with E-state index in [4.69, 9.17) is 0 Å². The molecule has 1 fully saturated rings. The van der Waals surface area contributed by atoms with Crippen molar-refractivity contribution in [3.63, 3.8) is 0 Å². The predicted molar refractivity (Wildman–Crippen MR) is 83.4 cm³/mol. The Kier molecular flexibility index (Phi) is 4.18. The van der Waals surface area contributed by atoms with Gasteiger partial charge in [0.05, 0.1) is 0 Å². The lowest BCUT2D eigenvalue weighted by atomic mass is 9.89. The predicted octanol–water partition coefficient (Wildman–Crippen LogP) is 2.63. The maximum absolute atomic E-state index is 12.2. The number of Topliss-reactive ketones (excluding diaryl/α,β-unsaturated/α-hetero) is 2. The first-order valence-electron chi connectivity index (χ1n) is 7.74. The standard InChI is InChI=1S/C18H19NO3/c20-15-7-9-19(10-8-15)18(22)6-5-13-11-14-3-1-2-4-16(14)17(21)12-13/h1-4,11H,5-10,12H2. The van der Waals surface area contributed by atoms with Gasteiger partial charge in [0.2, 0.25) is 5.91 Å². The van der Waals surface area contributed by atoms with Gasteiger partial charge >= 0.3 is 0 Å². The Morgan fingerprint density at radius 3 is 2.59 bits per heavy atom. The third-order valence-electron chi connectivity index (χ3n) is 4.34. The van der Waals surface area contributed by atoms with Crippen molar-refractivity contribution in [1.82, 2.24) is 4.90 Å². The van der Waals surface area contributed by atoms with Crippen LogP contribution in [0.2, 0.25) is 0 Å². The van der Waals surface area contributed by atoms with E-state index in [9.17, 15) is 14.4 Å². The van der Waals surface area contributed by atoms with E-state index in [1.165, 1.54) is 0 Å². The molecule has 1 amide bonds. The number of amides is 1. The zero-order chi connectivity index (χ0) is 15.5. The summed E-state index contributed by atoms with van der Waals surface area (Å²) in [5.41, 5.74) is 2.74. The number of benzene rings is 1. The highest BCUT2D eigenvalue weighted by molar-refractivity contribution is 6.03. The van der Waals surface area contributed by atoms with Crippen LogP contribution in [0.3, 0.4) is 0 Å². The van der Waals surface area contributed by atoms with Gasteiger partial charge in [-0.2, -0.15) is 0 Å². The van der Waals surface area contributed by atoms with E-state index in [-0.39, 0.29) is 17.5 Å². The quantitative estimate of drug-likeness (QED) is 0.862. The topological polar surface area (TPSA) is 54.5 Å². The van der Waals surface area contributed by atoms with Crippen LogP contribution in [0.25, 0.3) is 6.08 Å². The van der Waals surface area contributed by atoms with Crippen molar-refractivity contribution in [1.29, 1.82) is 0 Å². The molecule has 3 rings (SSSR count). The zero-order valence-corrected chi connectivity index (χ0v) is 12.5. The molecule has 0 saturated carbocycles. The van der Waals surface area contributed by atoms with E-state index in [0.29, 0.717) is 45.2 Å². The first-order chi connectivity index (χ1) is 10.6. The van der Waals surface area contributed by atoms with E-state index in [0.717, 1.165) is 16.7 Å². The molecule has 1 heterocycles. The first-order valence-corrected chi connectivity index (χ1v) is 7.74. The molecular weight excluding hydrogens is 278 g/mol. The minimum atomic E-state index is 0.0831. The number of likely N-dealkylation sites (tertiary alicyclic amines) is 1. The van der Waals surface area contributed by atoms with Gasteiger partial charge in [-0.3, -0.25) is 14.4 Å². The van der Waals surface area contributed by atoms with Crippen molar-refractivity contribution in [2.24, 2.45) is 0 Å². The average molecular weight is 297 g/mol. The molecule has 0 spiro atoms. The summed E-state index contributed by atoms with van der Waals surface area (Å²) >= 11 is 0. The Bertz CT molecular complexity index is 650. The van der Waals surface area contributed by atoms with Crippen molar-refractivity contribution in [3.8, 4) is 0 Å². The Morgan fingerprint density at radius 1 is 1.09 bits per heavy atom. The van der Waals surface area contributed by atoms with Gasteiger partial charge in [0.15, 0.2) is 5.78 Å². The van der Waals surface area contributed by atoms with Crippen LogP contribution < -0.4 is 0 Å². The van der Waals surface area contributed by atoms with Gasteiger partial charge in [0, 0.05) is 44.3 Å².